The van der Waals surface area contributed by atoms with Gasteiger partial charge < -0.3 is 23.7 Å². The highest BCUT2D eigenvalue weighted by Gasteiger charge is 2.26. The van der Waals surface area contributed by atoms with Crippen molar-refractivity contribution in [2.45, 2.75) is 45.7 Å². The van der Waals surface area contributed by atoms with E-state index in [-0.39, 0.29) is 6.10 Å². The van der Waals surface area contributed by atoms with Crippen LogP contribution in [0.25, 0.3) is 0 Å². The van der Waals surface area contributed by atoms with Crippen LogP contribution >= 0.6 is 0 Å². The number of benzene rings is 1. The van der Waals surface area contributed by atoms with Gasteiger partial charge in [-0.25, -0.2) is 0 Å². The van der Waals surface area contributed by atoms with Crippen LogP contribution in [0.2, 0.25) is 0 Å². The average Bonchev–Trinajstić information content (AvgIpc) is 3.03. The standard InChI is InChI=1S/C19H30O5/c1-3-4-9-20-10-11-21-12-13-22-19-23-15-18(24-19)14-17-8-6-5-7-16(17)2/h5-8,18-19H,3-4,9-15H2,1-2H3. The second-order valence-corrected chi connectivity index (χ2v) is 5.96. The third-order valence-electron chi connectivity index (χ3n) is 3.93. The van der Waals surface area contributed by atoms with Crippen molar-refractivity contribution in [3.8, 4) is 0 Å². The van der Waals surface area contributed by atoms with Crippen molar-refractivity contribution >= 4 is 0 Å². The summed E-state index contributed by atoms with van der Waals surface area (Å²) in [5, 5.41) is 0. The lowest BCUT2D eigenvalue weighted by atomic mass is 10.0. The summed E-state index contributed by atoms with van der Waals surface area (Å²) in [6, 6.07) is 8.34. The molecule has 1 heterocycles. The number of ether oxygens (including phenoxy) is 5. The summed E-state index contributed by atoms with van der Waals surface area (Å²) >= 11 is 0. The monoisotopic (exact) mass is 338 g/mol. The average molecular weight is 338 g/mol. The minimum Gasteiger partial charge on any atom is -0.379 e. The van der Waals surface area contributed by atoms with E-state index < -0.39 is 6.48 Å². The summed E-state index contributed by atoms with van der Waals surface area (Å²) < 4.78 is 27.7. The fourth-order valence-electron chi connectivity index (χ4n) is 2.47. The molecule has 2 atom stereocenters. The van der Waals surface area contributed by atoms with E-state index in [0.717, 1.165) is 25.9 Å². The summed E-state index contributed by atoms with van der Waals surface area (Å²) in [7, 11) is 0. The maximum atomic E-state index is 5.77. The molecule has 1 aromatic carbocycles. The summed E-state index contributed by atoms with van der Waals surface area (Å²) in [4.78, 5) is 0. The predicted molar refractivity (Wildman–Crippen MR) is 92.0 cm³/mol. The lowest BCUT2D eigenvalue weighted by molar-refractivity contribution is -0.241. The van der Waals surface area contributed by atoms with Gasteiger partial charge in [0.25, 0.3) is 6.48 Å². The smallest absolute Gasteiger partial charge is 0.272 e. The molecular weight excluding hydrogens is 308 g/mol. The molecule has 0 saturated carbocycles. The van der Waals surface area contributed by atoms with Crippen LogP contribution in [0.3, 0.4) is 0 Å². The Bertz CT molecular complexity index is 451. The SMILES string of the molecule is CCCCOCCOCCOC1OCC(Cc2ccccc2C)O1. The number of hydrogen-bond acceptors (Lipinski definition) is 5. The largest absolute Gasteiger partial charge is 0.379 e. The van der Waals surface area contributed by atoms with E-state index in [1.54, 1.807) is 0 Å². The number of unbranched alkanes of at least 4 members (excludes halogenated alkanes) is 1. The Balaban J connectivity index is 1.49. The molecule has 0 amide bonds. The molecule has 2 unspecified atom stereocenters. The van der Waals surface area contributed by atoms with Gasteiger partial charge in [0.1, 0.15) is 0 Å². The highest BCUT2D eigenvalue weighted by atomic mass is 16.9. The Labute approximate surface area is 145 Å². The normalized spacial score (nSPS) is 20.6. The fraction of sp³-hybridized carbons (Fsp3) is 0.684. The molecule has 1 fully saturated rings. The van der Waals surface area contributed by atoms with Crippen LogP contribution in [-0.2, 0) is 30.1 Å². The topological polar surface area (TPSA) is 46.2 Å². The van der Waals surface area contributed by atoms with Gasteiger partial charge in [-0.3, -0.25) is 0 Å². The lowest BCUT2D eigenvalue weighted by Crippen LogP contribution is -2.20. The van der Waals surface area contributed by atoms with Crippen LogP contribution in [0.1, 0.15) is 30.9 Å². The maximum absolute atomic E-state index is 5.77. The first-order valence-electron chi connectivity index (χ1n) is 8.88. The van der Waals surface area contributed by atoms with Crippen molar-refractivity contribution in [2.24, 2.45) is 0 Å². The minimum atomic E-state index is -0.580. The van der Waals surface area contributed by atoms with Gasteiger partial charge in [-0.1, -0.05) is 37.6 Å². The molecule has 0 N–H and O–H groups in total. The van der Waals surface area contributed by atoms with Crippen molar-refractivity contribution < 1.29 is 23.7 Å². The van der Waals surface area contributed by atoms with E-state index in [1.807, 2.05) is 6.07 Å². The highest BCUT2D eigenvalue weighted by Crippen LogP contribution is 2.18. The van der Waals surface area contributed by atoms with E-state index >= 15 is 0 Å². The zero-order valence-corrected chi connectivity index (χ0v) is 14.9. The molecule has 5 nitrogen and oxygen atoms in total. The van der Waals surface area contributed by atoms with Crippen LogP contribution < -0.4 is 0 Å². The highest BCUT2D eigenvalue weighted by molar-refractivity contribution is 5.26. The Morgan fingerprint density at radius 3 is 2.58 bits per heavy atom. The zero-order chi connectivity index (χ0) is 17.0. The van der Waals surface area contributed by atoms with Crippen LogP contribution in [-0.4, -0.2) is 52.2 Å². The van der Waals surface area contributed by atoms with E-state index in [4.69, 9.17) is 23.7 Å². The molecule has 0 aliphatic carbocycles. The molecule has 0 radical (unpaired) electrons. The van der Waals surface area contributed by atoms with E-state index in [2.05, 4.69) is 32.0 Å². The van der Waals surface area contributed by atoms with Gasteiger partial charge in [-0.05, 0) is 24.5 Å². The molecule has 0 aromatic heterocycles. The third-order valence-corrected chi connectivity index (χ3v) is 3.93. The molecule has 1 aliphatic heterocycles. The summed E-state index contributed by atoms with van der Waals surface area (Å²) in [5.41, 5.74) is 2.57. The van der Waals surface area contributed by atoms with E-state index in [9.17, 15) is 0 Å². The number of aryl methyl sites for hydroxylation is 1. The predicted octanol–water partition coefficient (Wildman–Crippen LogP) is 3.09. The van der Waals surface area contributed by atoms with Gasteiger partial charge in [0.05, 0.1) is 39.1 Å². The van der Waals surface area contributed by atoms with Gasteiger partial charge in [0.2, 0.25) is 0 Å². The number of hydrogen-bond donors (Lipinski definition) is 0. The van der Waals surface area contributed by atoms with E-state index in [0.29, 0.717) is 33.0 Å². The molecule has 0 spiro atoms. The molecule has 1 aliphatic rings. The van der Waals surface area contributed by atoms with Crippen LogP contribution in [0.5, 0.6) is 0 Å². The van der Waals surface area contributed by atoms with Gasteiger partial charge >= 0.3 is 0 Å². The van der Waals surface area contributed by atoms with Crippen molar-refractivity contribution in [1.82, 2.24) is 0 Å². The second kappa shape index (κ2) is 11.6. The second-order valence-electron chi connectivity index (χ2n) is 5.96. The summed E-state index contributed by atoms with van der Waals surface area (Å²) in [6.45, 7) is 7.25. The Kier molecular flexibility index (Phi) is 9.31. The lowest BCUT2D eigenvalue weighted by Gasteiger charge is -2.13. The number of rotatable bonds is 12. The van der Waals surface area contributed by atoms with Crippen LogP contribution in [0.4, 0.5) is 0 Å². The molecule has 136 valence electrons. The maximum Gasteiger partial charge on any atom is 0.272 e. The van der Waals surface area contributed by atoms with Crippen molar-refractivity contribution in [3.63, 3.8) is 0 Å². The molecule has 1 aromatic rings. The quantitative estimate of drug-likeness (QED) is 0.548. The molecule has 2 rings (SSSR count). The van der Waals surface area contributed by atoms with Gasteiger partial charge in [0.15, 0.2) is 0 Å². The minimum absolute atomic E-state index is 0.0454. The van der Waals surface area contributed by atoms with Crippen molar-refractivity contribution in [2.75, 3.05) is 39.6 Å². The van der Waals surface area contributed by atoms with Gasteiger partial charge in [-0.15, -0.1) is 0 Å². The first-order valence-corrected chi connectivity index (χ1v) is 8.88. The Morgan fingerprint density at radius 1 is 1.04 bits per heavy atom. The van der Waals surface area contributed by atoms with Crippen molar-refractivity contribution in [1.29, 1.82) is 0 Å². The Morgan fingerprint density at radius 2 is 1.79 bits per heavy atom. The van der Waals surface area contributed by atoms with E-state index in [1.165, 1.54) is 11.1 Å². The third kappa shape index (κ3) is 7.28. The first kappa shape index (κ1) is 19.3. The van der Waals surface area contributed by atoms with Crippen LogP contribution in [0.15, 0.2) is 24.3 Å². The van der Waals surface area contributed by atoms with Gasteiger partial charge in [-0.2, -0.15) is 0 Å². The van der Waals surface area contributed by atoms with Crippen LogP contribution in [0, 0.1) is 6.92 Å². The van der Waals surface area contributed by atoms with Gasteiger partial charge in [0, 0.05) is 13.0 Å². The van der Waals surface area contributed by atoms with Crippen molar-refractivity contribution in [3.05, 3.63) is 35.4 Å². The molecule has 24 heavy (non-hydrogen) atoms. The Hall–Kier alpha value is -0.980. The summed E-state index contributed by atoms with van der Waals surface area (Å²) in [6.07, 6.45) is 3.14. The molecule has 0 bridgehead atoms. The molecular formula is C19H30O5. The fourth-order valence-corrected chi connectivity index (χ4v) is 2.47. The molecule has 5 heteroatoms. The first-order chi connectivity index (χ1) is 11.8. The summed E-state index contributed by atoms with van der Waals surface area (Å²) in [5.74, 6) is 0. The zero-order valence-electron chi connectivity index (χ0n) is 14.9. The molecule has 1 saturated heterocycles.